The Morgan fingerprint density at radius 2 is 1.45 bits per heavy atom. The molecule has 0 spiro atoms. The van der Waals surface area contributed by atoms with Gasteiger partial charge in [-0.1, -0.05) is 65.7 Å². The van der Waals surface area contributed by atoms with Crippen LogP contribution < -0.4 is 15.6 Å². The first-order chi connectivity index (χ1) is 14.0. The lowest BCUT2D eigenvalue weighted by Gasteiger charge is -2.13. The number of hydrazine groups is 1. The number of rotatable bonds is 6. The van der Waals surface area contributed by atoms with Crippen LogP contribution in [-0.4, -0.2) is 18.4 Å². The fraction of sp³-hybridized carbons (Fsp3) is 0.0909. The monoisotopic (exact) mass is 428 g/mol. The molecule has 0 radical (unpaired) electrons. The van der Waals surface area contributed by atoms with E-state index in [2.05, 4.69) is 10.9 Å². The van der Waals surface area contributed by atoms with Crippen LogP contribution in [0.1, 0.15) is 26.3 Å². The maximum atomic E-state index is 12.5. The summed E-state index contributed by atoms with van der Waals surface area (Å²) in [5.74, 6) is -0.624. The molecule has 0 aliphatic carbocycles. The number of nitrogens with one attached hydrogen (secondary N) is 2. The molecule has 0 bridgehead atoms. The second-order valence-electron chi connectivity index (χ2n) is 6.11. The quantitative estimate of drug-likeness (QED) is 0.559. The van der Waals surface area contributed by atoms with Gasteiger partial charge in [0.1, 0.15) is 5.75 Å². The predicted molar refractivity (Wildman–Crippen MR) is 113 cm³/mol. The summed E-state index contributed by atoms with van der Waals surface area (Å²) in [5.41, 5.74) is 6.37. The van der Waals surface area contributed by atoms with Crippen molar-refractivity contribution in [3.05, 3.63) is 99.5 Å². The highest BCUT2D eigenvalue weighted by Gasteiger charge is 2.15. The van der Waals surface area contributed by atoms with Gasteiger partial charge < -0.3 is 4.74 Å². The first kappa shape index (κ1) is 20.7. The van der Waals surface area contributed by atoms with Crippen LogP contribution in [0.3, 0.4) is 0 Å². The molecule has 5 nitrogen and oxygen atoms in total. The summed E-state index contributed by atoms with van der Waals surface area (Å²) >= 11 is 11.8. The van der Waals surface area contributed by atoms with E-state index in [1.807, 2.05) is 30.3 Å². The molecule has 2 N–H and O–H groups in total. The van der Waals surface area contributed by atoms with Gasteiger partial charge in [-0.2, -0.15) is 0 Å². The molecule has 29 heavy (non-hydrogen) atoms. The molecular formula is C22H18Cl2N2O3. The first-order valence-electron chi connectivity index (χ1n) is 8.86. The van der Waals surface area contributed by atoms with Crippen molar-refractivity contribution < 1.29 is 14.3 Å². The maximum absolute atomic E-state index is 12.5. The van der Waals surface area contributed by atoms with E-state index in [-0.39, 0.29) is 10.6 Å². The van der Waals surface area contributed by atoms with Crippen molar-refractivity contribution in [3.63, 3.8) is 0 Å². The number of hydrogen-bond donors (Lipinski definition) is 2. The van der Waals surface area contributed by atoms with Gasteiger partial charge in [0.25, 0.3) is 11.8 Å². The smallest absolute Gasteiger partial charge is 0.273 e. The molecule has 3 aromatic carbocycles. The molecule has 148 valence electrons. The Balaban J connectivity index is 1.60. The Kier molecular flexibility index (Phi) is 7.11. The molecule has 7 heteroatoms. The Labute approximate surface area is 178 Å². The molecule has 0 saturated carbocycles. The van der Waals surface area contributed by atoms with Crippen LogP contribution >= 0.6 is 23.2 Å². The molecule has 0 atom stereocenters. The van der Waals surface area contributed by atoms with Gasteiger partial charge in [0.2, 0.25) is 0 Å². The summed E-state index contributed by atoms with van der Waals surface area (Å²) in [7, 11) is 0. The number of hydrogen-bond acceptors (Lipinski definition) is 3. The van der Waals surface area contributed by atoms with Crippen LogP contribution in [0.4, 0.5) is 0 Å². The Hall–Kier alpha value is -3.02. The summed E-state index contributed by atoms with van der Waals surface area (Å²) in [6.07, 6.45) is 0.711. The summed E-state index contributed by atoms with van der Waals surface area (Å²) in [5, 5.41) is 0.603. The minimum absolute atomic E-state index is 0.189. The lowest BCUT2D eigenvalue weighted by atomic mass is 10.1. The molecule has 0 saturated heterocycles. The van der Waals surface area contributed by atoms with Crippen LogP contribution in [-0.2, 0) is 6.42 Å². The van der Waals surface area contributed by atoms with Gasteiger partial charge in [-0.15, -0.1) is 0 Å². The van der Waals surface area contributed by atoms with Crippen molar-refractivity contribution in [1.29, 1.82) is 0 Å². The first-order valence-corrected chi connectivity index (χ1v) is 9.61. The third-order valence-electron chi connectivity index (χ3n) is 4.09. The number of para-hydroxylation sites is 1. The number of carbonyl (C=O) groups is 2. The molecular weight excluding hydrogens is 411 g/mol. The van der Waals surface area contributed by atoms with Crippen molar-refractivity contribution in [1.82, 2.24) is 10.9 Å². The standard InChI is InChI=1S/C22H18Cl2N2O3/c23-16-10-11-17(19(24)14-16)21(27)25-26-22(28)18-8-4-5-9-20(18)29-13-12-15-6-2-1-3-7-15/h1-11,14H,12-13H2,(H,25,27)(H,26,28). The zero-order valence-corrected chi connectivity index (χ0v) is 16.8. The second kappa shape index (κ2) is 9.96. The van der Waals surface area contributed by atoms with Crippen molar-refractivity contribution >= 4 is 35.0 Å². The molecule has 3 rings (SSSR count). The van der Waals surface area contributed by atoms with Gasteiger partial charge in [-0.25, -0.2) is 0 Å². The molecule has 3 aromatic rings. The van der Waals surface area contributed by atoms with Crippen LogP contribution in [0.15, 0.2) is 72.8 Å². The van der Waals surface area contributed by atoms with Crippen LogP contribution in [0.25, 0.3) is 0 Å². The average molecular weight is 429 g/mol. The summed E-state index contributed by atoms with van der Waals surface area (Å²) in [4.78, 5) is 24.8. The molecule has 0 fully saturated rings. The predicted octanol–water partition coefficient (Wildman–Crippen LogP) is 4.69. The summed E-state index contributed by atoms with van der Waals surface area (Å²) in [6, 6.07) is 21.2. The van der Waals surface area contributed by atoms with Crippen molar-refractivity contribution in [2.45, 2.75) is 6.42 Å². The lowest BCUT2D eigenvalue weighted by Crippen LogP contribution is -2.41. The Morgan fingerprint density at radius 1 is 0.793 bits per heavy atom. The minimum Gasteiger partial charge on any atom is -0.492 e. The van der Waals surface area contributed by atoms with E-state index >= 15 is 0 Å². The second-order valence-corrected chi connectivity index (χ2v) is 6.96. The van der Waals surface area contributed by atoms with Crippen molar-refractivity contribution in [2.24, 2.45) is 0 Å². The molecule has 0 unspecified atom stereocenters. The highest BCUT2D eigenvalue weighted by atomic mass is 35.5. The number of halogens is 2. The summed E-state index contributed by atoms with van der Waals surface area (Å²) in [6.45, 7) is 0.418. The fourth-order valence-electron chi connectivity index (χ4n) is 2.63. The zero-order valence-electron chi connectivity index (χ0n) is 15.3. The van der Waals surface area contributed by atoms with Crippen LogP contribution in [0, 0.1) is 0 Å². The highest BCUT2D eigenvalue weighted by molar-refractivity contribution is 6.36. The van der Waals surface area contributed by atoms with Crippen LogP contribution in [0.2, 0.25) is 10.0 Å². The molecule has 0 aromatic heterocycles. The largest absolute Gasteiger partial charge is 0.492 e. The summed E-state index contributed by atoms with van der Waals surface area (Å²) < 4.78 is 5.78. The van der Waals surface area contributed by atoms with Crippen molar-refractivity contribution in [2.75, 3.05) is 6.61 Å². The number of amides is 2. The number of ether oxygens (including phenoxy) is 1. The minimum atomic E-state index is -0.553. The third kappa shape index (κ3) is 5.73. The number of benzene rings is 3. The Bertz CT molecular complexity index is 1010. The van der Waals surface area contributed by atoms with Gasteiger partial charge in [0.05, 0.1) is 22.8 Å². The van der Waals surface area contributed by atoms with E-state index in [0.717, 1.165) is 5.56 Å². The van der Waals surface area contributed by atoms with Crippen LogP contribution in [0.5, 0.6) is 5.75 Å². The number of carbonyl (C=O) groups excluding carboxylic acids is 2. The average Bonchev–Trinajstić information content (AvgIpc) is 2.73. The van der Waals surface area contributed by atoms with E-state index in [4.69, 9.17) is 27.9 Å². The zero-order chi connectivity index (χ0) is 20.6. The molecule has 0 heterocycles. The van der Waals surface area contributed by atoms with E-state index in [0.29, 0.717) is 29.4 Å². The topological polar surface area (TPSA) is 67.4 Å². The van der Waals surface area contributed by atoms with Crippen molar-refractivity contribution in [3.8, 4) is 5.75 Å². The van der Waals surface area contributed by atoms with Gasteiger partial charge in [0, 0.05) is 11.4 Å². The van der Waals surface area contributed by atoms with E-state index in [1.165, 1.54) is 12.1 Å². The van der Waals surface area contributed by atoms with E-state index in [1.54, 1.807) is 30.3 Å². The molecule has 2 amide bonds. The van der Waals surface area contributed by atoms with E-state index in [9.17, 15) is 9.59 Å². The third-order valence-corrected chi connectivity index (χ3v) is 4.64. The van der Waals surface area contributed by atoms with E-state index < -0.39 is 11.8 Å². The normalized spacial score (nSPS) is 10.3. The Morgan fingerprint density at radius 3 is 2.17 bits per heavy atom. The fourth-order valence-corrected chi connectivity index (χ4v) is 3.12. The molecule has 0 aliphatic heterocycles. The van der Waals surface area contributed by atoms with Gasteiger partial charge in [0.15, 0.2) is 0 Å². The SMILES string of the molecule is O=C(NNC(=O)c1ccccc1OCCc1ccccc1)c1ccc(Cl)cc1Cl. The lowest BCUT2D eigenvalue weighted by molar-refractivity contribution is 0.0844. The maximum Gasteiger partial charge on any atom is 0.273 e. The highest BCUT2D eigenvalue weighted by Crippen LogP contribution is 2.21. The van der Waals surface area contributed by atoms with Gasteiger partial charge >= 0.3 is 0 Å². The van der Waals surface area contributed by atoms with Gasteiger partial charge in [-0.05, 0) is 35.9 Å². The van der Waals surface area contributed by atoms with Gasteiger partial charge in [-0.3, -0.25) is 20.4 Å². The molecule has 0 aliphatic rings.